The van der Waals surface area contributed by atoms with Crippen molar-refractivity contribution in [1.29, 1.82) is 0 Å². The van der Waals surface area contributed by atoms with Gasteiger partial charge in [0.05, 0.1) is 11.7 Å². The Balaban J connectivity index is 1.52. The van der Waals surface area contributed by atoms with Crippen LogP contribution in [0.5, 0.6) is 0 Å². The topological polar surface area (TPSA) is 106 Å². The SMILES string of the molecule is CC(NC(=O)c1cc(=O)[nH]c(-c2ccccc2)n1)c1ccc(-n2cncn2)cc1. The molecular weight excluding hydrogens is 368 g/mol. The number of hydrogen-bond acceptors (Lipinski definition) is 5. The Morgan fingerprint density at radius 1 is 1.10 bits per heavy atom. The molecule has 29 heavy (non-hydrogen) atoms. The zero-order valence-electron chi connectivity index (χ0n) is 15.6. The number of benzene rings is 2. The summed E-state index contributed by atoms with van der Waals surface area (Å²) in [6.45, 7) is 1.87. The summed E-state index contributed by atoms with van der Waals surface area (Å²) in [7, 11) is 0. The van der Waals surface area contributed by atoms with Gasteiger partial charge < -0.3 is 10.3 Å². The molecule has 1 atom stereocenters. The van der Waals surface area contributed by atoms with E-state index in [2.05, 4.69) is 25.4 Å². The van der Waals surface area contributed by atoms with Crippen LogP contribution in [0.2, 0.25) is 0 Å². The van der Waals surface area contributed by atoms with Gasteiger partial charge in [0.25, 0.3) is 11.5 Å². The van der Waals surface area contributed by atoms with E-state index in [1.807, 2.05) is 61.5 Å². The predicted octanol–water partition coefficient (Wildman–Crippen LogP) is 2.51. The first-order valence-corrected chi connectivity index (χ1v) is 9.03. The van der Waals surface area contributed by atoms with Crippen LogP contribution in [0.15, 0.2) is 78.1 Å². The van der Waals surface area contributed by atoms with Crippen LogP contribution in [0, 0.1) is 0 Å². The first-order valence-electron chi connectivity index (χ1n) is 9.03. The number of aromatic amines is 1. The summed E-state index contributed by atoms with van der Waals surface area (Å²) in [6.07, 6.45) is 3.08. The molecular formula is C21H18N6O2. The molecule has 0 saturated heterocycles. The van der Waals surface area contributed by atoms with Crippen LogP contribution in [0.3, 0.4) is 0 Å². The fourth-order valence-corrected chi connectivity index (χ4v) is 2.92. The molecule has 2 aromatic heterocycles. The molecule has 2 aromatic carbocycles. The summed E-state index contributed by atoms with van der Waals surface area (Å²) in [5, 5.41) is 6.97. The molecule has 0 aliphatic heterocycles. The lowest BCUT2D eigenvalue weighted by molar-refractivity contribution is 0.0934. The molecule has 0 radical (unpaired) electrons. The molecule has 0 fully saturated rings. The normalized spacial score (nSPS) is 11.8. The highest BCUT2D eigenvalue weighted by Gasteiger charge is 2.15. The molecule has 4 rings (SSSR count). The molecule has 1 unspecified atom stereocenters. The third-order valence-corrected chi connectivity index (χ3v) is 4.45. The summed E-state index contributed by atoms with van der Waals surface area (Å²) in [5.74, 6) is -0.0609. The van der Waals surface area contributed by atoms with E-state index in [0.717, 1.165) is 16.8 Å². The molecule has 0 bridgehead atoms. The lowest BCUT2D eigenvalue weighted by Crippen LogP contribution is -2.29. The number of H-pyrrole nitrogens is 1. The molecule has 0 spiro atoms. The van der Waals surface area contributed by atoms with Crippen molar-refractivity contribution in [3.05, 3.63) is 94.9 Å². The van der Waals surface area contributed by atoms with Crippen LogP contribution in [-0.2, 0) is 0 Å². The fourth-order valence-electron chi connectivity index (χ4n) is 2.92. The smallest absolute Gasteiger partial charge is 0.270 e. The fraction of sp³-hybridized carbons (Fsp3) is 0.0952. The first kappa shape index (κ1) is 18.3. The van der Waals surface area contributed by atoms with Crippen LogP contribution in [0.1, 0.15) is 29.0 Å². The van der Waals surface area contributed by atoms with Crippen LogP contribution in [-0.4, -0.2) is 30.6 Å². The predicted molar refractivity (Wildman–Crippen MR) is 108 cm³/mol. The van der Waals surface area contributed by atoms with Crippen LogP contribution in [0.25, 0.3) is 17.1 Å². The Kier molecular flexibility index (Phi) is 4.98. The highest BCUT2D eigenvalue weighted by Crippen LogP contribution is 2.16. The van der Waals surface area contributed by atoms with Crippen molar-refractivity contribution in [2.75, 3.05) is 0 Å². The number of aromatic nitrogens is 5. The van der Waals surface area contributed by atoms with Crippen molar-refractivity contribution < 1.29 is 4.79 Å². The van der Waals surface area contributed by atoms with Crippen LogP contribution in [0.4, 0.5) is 0 Å². The van der Waals surface area contributed by atoms with E-state index in [1.165, 1.54) is 12.4 Å². The Hall–Kier alpha value is -4.07. The van der Waals surface area contributed by atoms with Gasteiger partial charge in [-0.25, -0.2) is 14.6 Å². The van der Waals surface area contributed by atoms with Crippen molar-refractivity contribution in [3.8, 4) is 17.1 Å². The number of amides is 1. The standard InChI is InChI=1S/C21H18N6O2/c1-14(15-7-9-17(10-8-15)27-13-22-12-23-27)24-21(29)18-11-19(28)26-20(25-18)16-5-3-2-4-6-16/h2-14H,1H3,(H,24,29)(H,25,26,28). The van der Waals surface area contributed by atoms with Gasteiger partial charge in [0.15, 0.2) is 0 Å². The third-order valence-electron chi connectivity index (χ3n) is 4.45. The number of nitrogens with one attached hydrogen (secondary N) is 2. The van der Waals surface area contributed by atoms with Gasteiger partial charge in [-0.15, -0.1) is 0 Å². The second-order valence-corrected chi connectivity index (χ2v) is 6.47. The molecule has 0 aliphatic rings. The summed E-state index contributed by atoms with van der Waals surface area (Å²) < 4.78 is 1.65. The minimum atomic E-state index is -0.416. The van der Waals surface area contributed by atoms with E-state index in [1.54, 1.807) is 11.0 Å². The summed E-state index contributed by atoms with van der Waals surface area (Å²) in [5.41, 5.74) is 2.20. The van der Waals surface area contributed by atoms with Gasteiger partial charge in [-0.3, -0.25) is 9.59 Å². The van der Waals surface area contributed by atoms with E-state index in [0.29, 0.717) is 5.82 Å². The number of carbonyl (C=O) groups excluding carboxylic acids is 1. The Bertz CT molecular complexity index is 1170. The van der Waals surface area contributed by atoms with E-state index >= 15 is 0 Å². The van der Waals surface area contributed by atoms with Crippen LogP contribution < -0.4 is 10.9 Å². The largest absolute Gasteiger partial charge is 0.344 e. The van der Waals surface area contributed by atoms with Gasteiger partial charge in [-0.1, -0.05) is 42.5 Å². The zero-order valence-corrected chi connectivity index (χ0v) is 15.6. The van der Waals surface area contributed by atoms with Crippen molar-refractivity contribution in [1.82, 2.24) is 30.0 Å². The van der Waals surface area contributed by atoms with Gasteiger partial charge in [-0.2, -0.15) is 5.10 Å². The molecule has 2 heterocycles. The van der Waals surface area contributed by atoms with Gasteiger partial charge in [-0.05, 0) is 24.6 Å². The Labute approximate surface area is 166 Å². The van der Waals surface area contributed by atoms with Gasteiger partial charge >= 0.3 is 0 Å². The highest BCUT2D eigenvalue weighted by molar-refractivity contribution is 5.92. The van der Waals surface area contributed by atoms with Gasteiger partial charge in [0.1, 0.15) is 24.2 Å². The van der Waals surface area contributed by atoms with Crippen molar-refractivity contribution in [3.63, 3.8) is 0 Å². The molecule has 144 valence electrons. The molecule has 4 aromatic rings. The van der Waals surface area contributed by atoms with Crippen LogP contribution >= 0.6 is 0 Å². The van der Waals surface area contributed by atoms with Crippen molar-refractivity contribution >= 4 is 5.91 Å². The van der Waals surface area contributed by atoms with E-state index in [4.69, 9.17) is 0 Å². The Morgan fingerprint density at radius 3 is 2.55 bits per heavy atom. The number of carbonyl (C=O) groups is 1. The van der Waals surface area contributed by atoms with Gasteiger partial charge in [0.2, 0.25) is 0 Å². The minimum Gasteiger partial charge on any atom is -0.344 e. The van der Waals surface area contributed by atoms with E-state index in [9.17, 15) is 9.59 Å². The maximum absolute atomic E-state index is 12.7. The summed E-state index contributed by atoms with van der Waals surface area (Å²) >= 11 is 0. The molecule has 8 heteroatoms. The average Bonchev–Trinajstić information content (AvgIpc) is 3.29. The molecule has 8 nitrogen and oxygen atoms in total. The zero-order chi connectivity index (χ0) is 20.2. The molecule has 2 N–H and O–H groups in total. The maximum Gasteiger partial charge on any atom is 0.270 e. The van der Waals surface area contributed by atoms with E-state index < -0.39 is 5.91 Å². The number of rotatable bonds is 5. The van der Waals surface area contributed by atoms with E-state index in [-0.39, 0.29) is 17.3 Å². The lowest BCUT2D eigenvalue weighted by Gasteiger charge is -2.15. The second kappa shape index (κ2) is 7.89. The van der Waals surface area contributed by atoms with Crippen molar-refractivity contribution in [2.45, 2.75) is 13.0 Å². The number of nitrogens with zero attached hydrogens (tertiary/aromatic N) is 4. The summed E-state index contributed by atoms with van der Waals surface area (Å²) in [4.78, 5) is 35.6. The average molecular weight is 386 g/mol. The van der Waals surface area contributed by atoms with Gasteiger partial charge in [0, 0.05) is 11.6 Å². The summed E-state index contributed by atoms with van der Waals surface area (Å²) in [6, 6.07) is 17.7. The Morgan fingerprint density at radius 2 is 1.86 bits per heavy atom. The second-order valence-electron chi connectivity index (χ2n) is 6.47. The molecule has 0 aliphatic carbocycles. The third kappa shape index (κ3) is 4.11. The quantitative estimate of drug-likeness (QED) is 0.548. The minimum absolute atomic E-state index is 0.0682. The maximum atomic E-state index is 12.7. The number of hydrogen-bond donors (Lipinski definition) is 2. The highest BCUT2D eigenvalue weighted by atomic mass is 16.2. The monoisotopic (exact) mass is 386 g/mol. The lowest BCUT2D eigenvalue weighted by atomic mass is 10.1. The molecule has 0 saturated carbocycles. The van der Waals surface area contributed by atoms with Crippen molar-refractivity contribution in [2.24, 2.45) is 0 Å². The first-order chi connectivity index (χ1) is 14.1. The molecule has 1 amide bonds.